The molecule has 0 aliphatic carbocycles. The molecular weight excluding hydrogens is 457 g/mol. The Morgan fingerprint density at radius 1 is 0.971 bits per heavy atom. The molecular formula is C26H23F3N4O2. The molecule has 9 heteroatoms. The van der Waals surface area contributed by atoms with E-state index in [9.17, 15) is 18.0 Å². The molecule has 0 atom stereocenters. The topological polar surface area (TPSA) is 79.0 Å². The van der Waals surface area contributed by atoms with Crippen molar-refractivity contribution < 1.29 is 22.7 Å². The third kappa shape index (κ3) is 5.30. The second kappa shape index (κ2) is 9.79. The van der Waals surface area contributed by atoms with Crippen molar-refractivity contribution in [1.29, 1.82) is 0 Å². The van der Waals surface area contributed by atoms with Gasteiger partial charge in [0.25, 0.3) is 5.91 Å². The largest absolute Gasteiger partial charge is 0.382 e. The van der Waals surface area contributed by atoms with Crippen molar-refractivity contribution in [2.45, 2.75) is 25.3 Å². The number of hydrogen-bond acceptors (Lipinski definition) is 4. The number of nitrogens with one attached hydrogen (secondary N) is 3. The SMILES string of the molecule is O=C(Nc1n[nH]c2ccc(Cc3cc(F)cc(F)c3)cc12)c1cc(NC2CCOCC2)ccc1F. The standard InChI is InChI=1S/C26H23F3N4O2/c27-17-10-16(11-18(28)13-17)9-15-1-4-24-22(12-15)25(33-32-24)31-26(34)21-14-20(2-3-23(21)29)30-19-5-7-35-8-6-19/h1-4,10-14,19,30H,5-9H2,(H2,31,32,33,34). The summed E-state index contributed by atoms with van der Waals surface area (Å²) in [6, 6.07) is 13.3. The first-order valence-corrected chi connectivity index (χ1v) is 11.3. The minimum absolute atomic E-state index is 0.107. The second-order valence-electron chi connectivity index (χ2n) is 8.59. The molecule has 0 bridgehead atoms. The first-order chi connectivity index (χ1) is 16.9. The molecule has 5 rings (SSSR count). The number of halogens is 3. The molecule has 2 heterocycles. The lowest BCUT2D eigenvalue weighted by Gasteiger charge is -2.24. The molecule has 6 nitrogen and oxygen atoms in total. The van der Waals surface area contributed by atoms with Crippen LogP contribution in [0, 0.1) is 17.5 Å². The van der Waals surface area contributed by atoms with Crippen molar-refractivity contribution in [3.63, 3.8) is 0 Å². The summed E-state index contributed by atoms with van der Waals surface area (Å²) in [5, 5.41) is 13.6. The Hall–Kier alpha value is -3.85. The van der Waals surface area contributed by atoms with Crippen LogP contribution in [-0.4, -0.2) is 35.4 Å². The Bertz CT molecular complexity index is 1360. The van der Waals surface area contributed by atoms with Gasteiger partial charge < -0.3 is 15.4 Å². The van der Waals surface area contributed by atoms with Gasteiger partial charge in [0.15, 0.2) is 5.82 Å². The highest BCUT2D eigenvalue weighted by molar-refractivity contribution is 6.08. The van der Waals surface area contributed by atoms with Crippen LogP contribution in [0.25, 0.3) is 10.9 Å². The van der Waals surface area contributed by atoms with E-state index in [2.05, 4.69) is 20.8 Å². The van der Waals surface area contributed by atoms with E-state index in [1.54, 1.807) is 24.3 Å². The van der Waals surface area contributed by atoms with Gasteiger partial charge in [-0.3, -0.25) is 9.89 Å². The van der Waals surface area contributed by atoms with Gasteiger partial charge in [0, 0.05) is 36.4 Å². The maximum Gasteiger partial charge on any atom is 0.259 e. The summed E-state index contributed by atoms with van der Waals surface area (Å²) in [5.74, 6) is -2.34. The van der Waals surface area contributed by atoms with Gasteiger partial charge in [-0.05, 0) is 72.9 Å². The quantitative estimate of drug-likeness (QED) is 0.345. The molecule has 0 saturated carbocycles. The number of aromatic nitrogens is 2. The molecule has 0 spiro atoms. The lowest BCUT2D eigenvalue weighted by molar-refractivity contribution is 0.0904. The molecule has 35 heavy (non-hydrogen) atoms. The fourth-order valence-electron chi connectivity index (χ4n) is 4.26. The molecule has 180 valence electrons. The predicted molar refractivity (Wildman–Crippen MR) is 127 cm³/mol. The van der Waals surface area contributed by atoms with Crippen LogP contribution in [0.4, 0.5) is 24.7 Å². The van der Waals surface area contributed by atoms with E-state index in [-0.39, 0.29) is 23.8 Å². The number of hydrogen-bond donors (Lipinski definition) is 3. The van der Waals surface area contributed by atoms with Gasteiger partial charge in [-0.25, -0.2) is 13.2 Å². The van der Waals surface area contributed by atoms with Gasteiger partial charge in [0.2, 0.25) is 0 Å². The summed E-state index contributed by atoms with van der Waals surface area (Å²) in [6.45, 7) is 1.32. The second-order valence-corrected chi connectivity index (χ2v) is 8.59. The van der Waals surface area contributed by atoms with Gasteiger partial charge in [0.05, 0.1) is 11.1 Å². The van der Waals surface area contributed by atoms with Gasteiger partial charge in [-0.2, -0.15) is 5.10 Å². The normalized spacial score (nSPS) is 14.3. The Morgan fingerprint density at radius 2 is 1.74 bits per heavy atom. The fraction of sp³-hybridized carbons (Fsp3) is 0.231. The molecule has 1 aromatic heterocycles. The number of anilines is 2. The molecule has 1 saturated heterocycles. The average Bonchev–Trinajstić information content (AvgIpc) is 3.22. The number of carbonyl (C=O) groups is 1. The van der Waals surface area contributed by atoms with Gasteiger partial charge in [0.1, 0.15) is 17.5 Å². The number of nitrogens with zero attached hydrogens (tertiary/aromatic N) is 1. The lowest BCUT2D eigenvalue weighted by atomic mass is 10.0. The number of aromatic amines is 1. The van der Waals surface area contributed by atoms with Crippen LogP contribution in [0.5, 0.6) is 0 Å². The fourth-order valence-corrected chi connectivity index (χ4v) is 4.26. The number of H-pyrrole nitrogens is 1. The first kappa shape index (κ1) is 22.9. The van der Waals surface area contributed by atoms with Crippen LogP contribution in [-0.2, 0) is 11.2 Å². The highest BCUT2D eigenvalue weighted by Crippen LogP contribution is 2.25. The summed E-state index contributed by atoms with van der Waals surface area (Å²) in [4.78, 5) is 12.9. The Balaban J connectivity index is 1.35. The summed E-state index contributed by atoms with van der Waals surface area (Å²) < 4.78 is 47.0. The van der Waals surface area contributed by atoms with Crippen molar-refractivity contribution in [1.82, 2.24) is 10.2 Å². The van der Waals surface area contributed by atoms with Gasteiger partial charge in [-0.1, -0.05) is 6.07 Å². The molecule has 1 fully saturated rings. The minimum Gasteiger partial charge on any atom is -0.382 e. The molecule has 4 aromatic rings. The van der Waals surface area contributed by atoms with E-state index in [1.165, 1.54) is 24.3 Å². The summed E-state index contributed by atoms with van der Waals surface area (Å²) in [7, 11) is 0. The summed E-state index contributed by atoms with van der Waals surface area (Å²) in [6.07, 6.45) is 1.96. The van der Waals surface area contributed by atoms with Crippen molar-refractivity contribution in [3.8, 4) is 0 Å². The number of ether oxygens (including phenoxy) is 1. The molecule has 0 radical (unpaired) electrons. The molecule has 1 aliphatic rings. The Labute approximate surface area is 199 Å². The summed E-state index contributed by atoms with van der Waals surface area (Å²) >= 11 is 0. The predicted octanol–water partition coefficient (Wildman–Crippen LogP) is 5.41. The van der Waals surface area contributed by atoms with Crippen LogP contribution in [0.15, 0.2) is 54.6 Å². The third-order valence-electron chi connectivity index (χ3n) is 5.99. The summed E-state index contributed by atoms with van der Waals surface area (Å²) in [5.41, 5.74) is 2.45. The average molecular weight is 480 g/mol. The van der Waals surface area contributed by atoms with E-state index in [0.29, 0.717) is 35.4 Å². The van der Waals surface area contributed by atoms with Crippen LogP contribution in [0.3, 0.4) is 0 Å². The molecule has 3 aromatic carbocycles. The van der Waals surface area contributed by atoms with Crippen molar-refractivity contribution in [2.24, 2.45) is 0 Å². The van der Waals surface area contributed by atoms with E-state index >= 15 is 0 Å². The lowest BCUT2D eigenvalue weighted by Crippen LogP contribution is -2.28. The first-order valence-electron chi connectivity index (χ1n) is 11.3. The van der Waals surface area contributed by atoms with Crippen LogP contribution < -0.4 is 10.6 Å². The number of benzene rings is 3. The monoisotopic (exact) mass is 480 g/mol. The van der Waals surface area contributed by atoms with E-state index < -0.39 is 23.4 Å². The van der Waals surface area contributed by atoms with Crippen LogP contribution in [0.1, 0.15) is 34.3 Å². The zero-order chi connectivity index (χ0) is 24.4. The van der Waals surface area contributed by atoms with E-state index in [0.717, 1.165) is 24.5 Å². The number of fused-ring (bicyclic) bond motifs is 1. The smallest absolute Gasteiger partial charge is 0.259 e. The van der Waals surface area contributed by atoms with Crippen molar-refractivity contribution in [2.75, 3.05) is 23.8 Å². The number of amides is 1. The number of carbonyl (C=O) groups excluding carboxylic acids is 1. The van der Waals surface area contributed by atoms with E-state index in [1.807, 2.05) is 0 Å². The number of rotatable bonds is 6. The van der Waals surface area contributed by atoms with E-state index in [4.69, 9.17) is 4.74 Å². The van der Waals surface area contributed by atoms with Crippen LogP contribution >= 0.6 is 0 Å². The van der Waals surface area contributed by atoms with Crippen molar-refractivity contribution >= 4 is 28.3 Å². The Kier molecular flexibility index (Phi) is 6.41. The van der Waals surface area contributed by atoms with Gasteiger partial charge in [-0.15, -0.1) is 0 Å². The molecule has 1 aliphatic heterocycles. The molecule has 1 amide bonds. The highest BCUT2D eigenvalue weighted by atomic mass is 19.1. The van der Waals surface area contributed by atoms with Crippen molar-refractivity contribution in [3.05, 3.63) is 88.7 Å². The zero-order valence-electron chi connectivity index (χ0n) is 18.7. The minimum atomic E-state index is -0.645. The van der Waals surface area contributed by atoms with Gasteiger partial charge >= 0.3 is 0 Å². The maximum absolute atomic E-state index is 14.5. The molecule has 0 unspecified atom stereocenters. The molecule has 3 N–H and O–H groups in total. The Morgan fingerprint density at radius 3 is 2.51 bits per heavy atom. The third-order valence-corrected chi connectivity index (χ3v) is 5.99. The van der Waals surface area contributed by atoms with Crippen LogP contribution in [0.2, 0.25) is 0 Å². The zero-order valence-corrected chi connectivity index (χ0v) is 18.7. The highest BCUT2D eigenvalue weighted by Gasteiger charge is 2.18. The maximum atomic E-state index is 14.5.